The number of ether oxygens (including phenoxy) is 4. The number of unbranched alkanes of at least 4 members (excludes halogenated alkanes) is 1. The second-order valence-electron chi connectivity index (χ2n) is 17.0. The van der Waals surface area contributed by atoms with Gasteiger partial charge in [-0.3, -0.25) is 19.4 Å². The van der Waals surface area contributed by atoms with Gasteiger partial charge in [0.15, 0.2) is 17.7 Å². The van der Waals surface area contributed by atoms with Gasteiger partial charge in [-0.2, -0.15) is 0 Å². The average Bonchev–Trinajstić information content (AvgIpc) is 3.40. The molecule has 0 aliphatic carbocycles. The molecular weight excluding hydrogens is 686 g/mol. The van der Waals surface area contributed by atoms with E-state index >= 15 is 0 Å². The lowest BCUT2D eigenvalue weighted by Crippen LogP contribution is -2.57. The number of amides is 1. The minimum Gasteiger partial charge on any atom is -0.458 e. The number of aryl methyl sites for hydroxylation is 1. The van der Waals surface area contributed by atoms with Gasteiger partial charge >= 0.3 is 12.1 Å². The summed E-state index contributed by atoms with van der Waals surface area (Å²) in [4.78, 5) is 64.3. The van der Waals surface area contributed by atoms with Crippen molar-refractivity contribution in [2.24, 2.45) is 35.5 Å². The molecule has 3 saturated heterocycles. The smallest absolute Gasteiger partial charge is 0.410 e. The largest absolute Gasteiger partial charge is 0.458 e. The van der Waals surface area contributed by atoms with Crippen molar-refractivity contribution in [3.63, 3.8) is 0 Å². The molecule has 0 N–H and O–H groups in total. The first-order chi connectivity index (χ1) is 25.5. The lowest BCUT2D eigenvalue weighted by Gasteiger charge is -2.45. The molecule has 3 fully saturated rings. The highest BCUT2D eigenvalue weighted by atomic mass is 16.7. The minimum absolute atomic E-state index is 0.0186. The molecule has 0 bridgehead atoms. The highest BCUT2D eigenvalue weighted by Crippen LogP contribution is 2.41. The van der Waals surface area contributed by atoms with Gasteiger partial charge in [0, 0.05) is 47.8 Å². The third-order valence-corrected chi connectivity index (χ3v) is 12.7. The van der Waals surface area contributed by atoms with E-state index in [0.717, 1.165) is 30.2 Å². The van der Waals surface area contributed by atoms with Crippen LogP contribution in [0.5, 0.6) is 0 Å². The zero-order valence-electron chi connectivity index (χ0n) is 34.2. The van der Waals surface area contributed by atoms with Crippen molar-refractivity contribution in [3.8, 4) is 0 Å². The van der Waals surface area contributed by atoms with Gasteiger partial charge in [0.2, 0.25) is 0 Å². The van der Waals surface area contributed by atoms with Crippen LogP contribution in [0.4, 0.5) is 4.79 Å². The number of fused-ring (bicyclic) bond motifs is 2. The molecule has 1 amide bonds. The number of carbonyl (C=O) groups is 4. The SMILES string of the molecule is C[C@H]1C(=O)O[C@H](C)[C@@]2(C)OC(=O)N(CCCCc3ccnc4ccccc34)[C@H]2[C@H](C)C(=O)[C@H](C)C[C@H](C)C(O[C@@H]2O[C@H](C)C[C@H](N(C)C)[C@H]2C)[C@@H](C)C1=O. The fraction of sp³-hybridized carbons (Fsp3) is 0.698. The van der Waals surface area contributed by atoms with Crippen LogP contribution in [-0.2, 0) is 39.8 Å². The van der Waals surface area contributed by atoms with Crippen molar-refractivity contribution in [1.82, 2.24) is 14.8 Å². The van der Waals surface area contributed by atoms with E-state index in [1.54, 1.807) is 32.6 Å². The van der Waals surface area contributed by atoms with Crippen molar-refractivity contribution in [2.75, 3.05) is 20.6 Å². The molecule has 1 aromatic heterocycles. The topological polar surface area (TPSA) is 125 Å². The molecule has 0 spiro atoms. The van der Waals surface area contributed by atoms with Crippen LogP contribution in [0, 0.1) is 35.5 Å². The molecule has 3 aliphatic rings. The van der Waals surface area contributed by atoms with Crippen LogP contribution in [0.2, 0.25) is 0 Å². The summed E-state index contributed by atoms with van der Waals surface area (Å²) < 4.78 is 25.2. The molecule has 1 unspecified atom stereocenters. The van der Waals surface area contributed by atoms with E-state index in [0.29, 0.717) is 19.4 Å². The van der Waals surface area contributed by atoms with E-state index in [2.05, 4.69) is 37.0 Å². The fourth-order valence-electron chi connectivity index (χ4n) is 9.38. The maximum atomic E-state index is 14.5. The molecular formula is C43H63N3O8. The Bertz CT molecular complexity index is 1660. The second-order valence-corrected chi connectivity index (χ2v) is 17.0. The van der Waals surface area contributed by atoms with Gasteiger partial charge in [-0.25, -0.2) is 4.79 Å². The highest BCUT2D eigenvalue weighted by Gasteiger charge is 2.59. The summed E-state index contributed by atoms with van der Waals surface area (Å²) in [6.45, 7) is 17.1. The number of hydrogen-bond acceptors (Lipinski definition) is 10. The van der Waals surface area contributed by atoms with Gasteiger partial charge in [-0.1, -0.05) is 52.8 Å². The lowest BCUT2D eigenvalue weighted by molar-refractivity contribution is -0.259. The Hall–Kier alpha value is -3.41. The van der Waals surface area contributed by atoms with Crippen LogP contribution in [0.3, 0.4) is 0 Å². The van der Waals surface area contributed by atoms with Crippen molar-refractivity contribution in [1.29, 1.82) is 0 Å². The Morgan fingerprint density at radius 2 is 1.61 bits per heavy atom. The summed E-state index contributed by atoms with van der Waals surface area (Å²) in [5.41, 5.74) is 0.809. The van der Waals surface area contributed by atoms with E-state index in [9.17, 15) is 19.2 Å². The highest BCUT2D eigenvalue weighted by molar-refractivity contribution is 6.00. The number of rotatable bonds is 8. The minimum atomic E-state index is -1.33. The molecule has 5 rings (SSSR count). The summed E-state index contributed by atoms with van der Waals surface area (Å²) >= 11 is 0. The Morgan fingerprint density at radius 3 is 2.31 bits per heavy atom. The molecule has 0 radical (unpaired) electrons. The number of cyclic esters (lactones) is 1. The standard InChI is InChI=1S/C43H63N3O8/c1-24-22-25(2)38(53-41-27(4)35(45(10)11)23-26(3)51-41)28(5)37(48)30(7)40(49)52-31(8)43(9)39(29(6)36(24)47)46(42(50)54-43)21-15-14-16-32-19-20-44-34-18-13-12-17-33(32)34/h12-13,17-20,24-31,35,38-39,41H,14-16,21-23H2,1-11H3/t24-,25+,26-,27-,28+,29-,30-,31-,35+,38?,39+,41+,43-/m1/s1. The zero-order valence-corrected chi connectivity index (χ0v) is 34.2. The Labute approximate surface area is 321 Å². The van der Waals surface area contributed by atoms with Crippen LogP contribution in [0.25, 0.3) is 10.9 Å². The molecule has 2 aromatic rings. The van der Waals surface area contributed by atoms with Crippen LogP contribution >= 0.6 is 0 Å². The molecule has 4 heterocycles. The summed E-state index contributed by atoms with van der Waals surface area (Å²) in [6.07, 6.45) is 2.72. The van der Waals surface area contributed by atoms with E-state index in [1.165, 1.54) is 5.56 Å². The zero-order chi connectivity index (χ0) is 39.6. The van der Waals surface area contributed by atoms with Crippen molar-refractivity contribution >= 4 is 34.5 Å². The van der Waals surface area contributed by atoms with Crippen LogP contribution in [0.1, 0.15) is 93.6 Å². The fourth-order valence-corrected chi connectivity index (χ4v) is 9.38. The predicted molar refractivity (Wildman–Crippen MR) is 207 cm³/mol. The van der Waals surface area contributed by atoms with Gasteiger partial charge in [0.25, 0.3) is 0 Å². The monoisotopic (exact) mass is 749 g/mol. The number of Topliss-reactive ketones (excluding diaryl/α,β-unsaturated/α-hetero) is 2. The number of esters is 1. The molecule has 0 saturated carbocycles. The molecule has 54 heavy (non-hydrogen) atoms. The summed E-state index contributed by atoms with van der Waals surface area (Å²) in [5, 5.41) is 1.11. The maximum Gasteiger partial charge on any atom is 0.410 e. The number of pyridine rings is 1. The molecule has 298 valence electrons. The van der Waals surface area contributed by atoms with Gasteiger partial charge in [0.05, 0.1) is 23.8 Å². The van der Waals surface area contributed by atoms with Gasteiger partial charge in [-0.15, -0.1) is 0 Å². The number of nitrogens with zero attached hydrogens (tertiary/aromatic N) is 3. The lowest BCUT2D eigenvalue weighted by atomic mass is 9.75. The van der Waals surface area contributed by atoms with Crippen molar-refractivity contribution < 1.29 is 38.1 Å². The molecule has 3 aliphatic heterocycles. The van der Waals surface area contributed by atoms with E-state index in [-0.39, 0.29) is 35.5 Å². The number of carbonyl (C=O) groups excluding carboxylic acids is 4. The summed E-state index contributed by atoms with van der Waals surface area (Å²) in [5.74, 6) is -4.04. The Morgan fingerprint density at radius 1 is 0.907 bits per heavy atom. The van der Waals surface area contributed by atoms with Gasteiger partial charge in [-0.05, 0) is 97.5 Å². The van der Waals surface area contributed by atoms with Gasteiger partial charge < -0.3 is 28.7 Å². The summed E-state index contributed by atoms with van der Waals surface area (Å²) in [6, 6.07) is 9.61. The van der Waals surface area contributed by atoms with Crippen molar-refractivity contribution in [2.45, 2.75) is 137 Å². The second kappa shape index (κ2) is 17.2. The normalized spacial score (nSPS) is 37.2. The first-order valence-electron chi connectivity index (χ1n) is 20.0. The van der Waals surface area contributed by atoms with Crippen LogP contribution in [0.15, 0.2) is 36.5 Å². The van der Waals surface area contributed by atoms with E-state index < -0.39 is 65.9 Å². The molecule has 11 nitrogen and oxygen atoms in total. The third-order valence-electron chi connectivity index (χ3n) is 12.7. The molecule has 13 atom stereocenters. The van der Waals surface area contributed by atoms with Gasteiger partial charge in [0.1, 0.15) is 17.8 Å². The Kier molecular flexibility index (Phi) is 13.3. The number of para-hydroxylation sites is 1. The number of benzene rings is 1. The first-order valence-corrected chi connectivity index (χ1v) is 20.0. The van der Waals surface area contributed by atoms with Crippen LogP contribution in [-0.4, -0.2) is 101 Å². The first kappa shape index (κ1) is 41.7. The average molecular weight is 750 g/mol. The molecule has 11 heteroatoms. The maximum absolute atomic E-state index is 14.5. The quantitative estimate of drug-likeness (QED) is 0.160. The van der Waals surface area contributed by atoms with E-state index in [4.69, 9.17) is 18.9 Å². The molecule has 1 aromatic carbocycles. The summed E-state index contributed by atoms with van der Waals surface area (Å²) in [7, 11) is 4.10. The van der Waals surface area contributed by atoms with Crippen molar-refractivity contribution in [3.05, 3.63) is 42.1 Å². The number of hydrogen-bond donors (Lipinski definition) is 0. The van der Waals surface area contributed by atoms with E-state index in [1.807, 2.05) is 58.2 Å². The Balaban J connectivity index is 1.39. The third kappa shape index (κ3) is 8.53. The predicted octanol–water partition coefficient (Wildman–Crippen LogP) is 6.88. The number of aromatic nitrogens is 1. The number of ketones is 2. The van der Waals surface area contributed by atoms with Crippen LogP contribution < -0.4 is 0 Å².